The van der Waals surface area contributed by atoms with Crippen molar-refractivity contribution in [3.8, 4) is 11.1 Å². The normalized spacial score (nSPS) is 11.0. The van der Waals surface area contributed by atoms with Crippen molar-refractivity contribution in [2.75, 3.05) is 7.05 Å². The van der Waals surface area contributed by atoms with E-state index in [1.165, 1.54) is 16.7 Å². The van der Waals surface area contributed by atoms with E-state index in [0.717, 1.165) is 18.9 Å². The fraction of sp³-hybridized carbons (Fsp3) is 0.167. The Bertz CT molecular complexity index is 675. The number of benzene rings is 2. The number of aromatic amines is 1. The molecule has 3 nitrogen and oxygen atoms in total. The molecule has 0 bridgehead atoms. The number of H-pyrrole nitrogens is 1. The molecule has 0 saturated carbocycles. The molecule has 21 heavy (non-hydrogen) atoms. The van der Waals surface area contributed by atoms with Crippen LogP contribution in [0.25, 0.3) is 11.1 Å². The van der Waals surface area contributed by atoms with E-state index in [-0.39, 0.29) is 0 Å². The molecule has 0 saturated heterocycles. The highest BCUT2D eigenvalue weighted by atomic mass is 15.1. The number of aromatic nitrogens is 2. The van der Waals surface area contributed by atoms with Crippen molar-refractivity contribution in [1.82, 2.24) is 14.9 Å². The lowest BCUT2D eigenvalue weighted by Crippen LogP contribution is -2.18. The Hall–Kier alpha value is -2.39. The van der Waals surface area contributed by atoms with Gasteiger partial charge >= 0.3 is 0 Å². The molecule has 1 aromatic heterocycles. The SMILES string of the molecule is CN(Cc1ncc[nH]1)Cc1ccccc1-c1ccccc1. The number of imidazole rings is 1. The number of rotatable bonds is 5. The van der Waals surface area contributed by atoms with Gasteiger partial charge in [-0.25, -0.2) is 4.98 Å². The second-order valence-electron chi connectivity index (χ2n) is 5.23. The number of hydrogen-bond acceptors (Lipinski definition) is 2. The van der Waals surface area contributed by atoms with Crippen molar-refractivity contribution in [1.29, 1.82) is 0 Å². The minimum atomic E-state index is 0.816. The van der Waals surface area contributed by atoms with E-state index in [0.29, 0.717) is 0 Å². The molecule has 2 aromatic carbocycles. The largest absolute Gasteiger partial charge is 0.348 e. The Morgan fingerprint density at radius 3 is 2.48 bits per heavy atom. The molecule has 0 aliphatic heterocycles. The lowest BCUT2D eigenvalue weighted by molar-refractivity contribution is 0.312. The third-order valence-electron chi connectivity index (χ3n) is 3.52. The fourth-order valence-electron chi connectivity index (χ4n) is 2.54. The Kier molecular flexibility index (Phi) is 4.12. The van der Waals surface area contributed by atoms with Crippen LogP contribution in [0.4, 0.5) is 0 Å². The molecule has 3 aromatic rings. The molecule has 3 heteroatoms. The summed E-state index contributed by atoms with van der Waals surface area (Å²) in [5.41, 5.74) is 3.89. The zero-order chi connectivity index (χ0) is 14.5. The van der Waals surface area contributed by atoms with E-state index in [4.69, 9.17) is 0 Å². The van der Waals surface area contributed by atoms with Crippen LogP contribution in [0.3, 0.4) is 0 Å². The van der Waals surface area contributed by atoms with Gasteiger partial charge in [-0.05, 0) is 23.7 Å². The molecule has 1 heterocycles. The average Bonchev–Trinajstić information content (AvgIpc) is 3.01. The Morgan fingerprint density at radius 1 is 0.952 bits per heavy atom. The summed E-state index contributed by atoms with van der Waals surface area (Å²) in [4.78, 5) is 9.69. The van der Waals surface area contributed by atoms with Crippen LogP contribution >= 0.6 is 0 Å². The van der Waals surface area contributed by atoms with Crippen LogP contribution in [0.5, 0.6) is 0 Å². The highest BCUT2D eigenvalue weighted by Gasteiger charge is 2.08. The summed E-state index contributed by atoms with van der Waals surface area (Å²) in [6, 6.07) is 19.1. The average molecular weight is 277 g/mol. The molecular formula is C18H19N3. The summed E-state index contributed by atoms with van der Waals surface area (Å²) in [5.74, 6) is 0.995. The monoisotopic (exact) mass is 277 g/mol. The molecule has 0 fully saturated rings. The zero-order valence-corrected chi connectivity index (χ0v) is 12.2. The van der Waals surface area contributed by atoms with E-state index < -0.39 is 0 Å². The van der Waals surface area contributed by atoms with Crippen LogP contribution in [0.1, 0.15) is 11.4 Å². The van der Waals surface area contributed by atoms with Gasteiger partial charge in [-0.3, -0.25) is 4.90 Å². The molecule has 0 aliphatic rings. The first-order valence-corrected chi connectivity index (χ1v) is 7.13. The molecule has 0 unspecified atom stereocenters. The summed E-state index contributed by atoms with van der Waals surface area (Å²) >= 11 is 0. The van der Waals surface area contributed by atoms with E-state index in [2.05, 4.69) is 76.5 Å². The van der Waals surface area contributed by atoms with Crippen molar-refractivity contribution in [3.63, 3.8) is 0 Å². The first-order valence-electron chi connectivity index (χ1n) is 7.13. The van der Waals surface area contributed by atoms with Gasteiger partial charge in [-0.15, -0.1) is 0 Å². The Morgan fingerprint density at radius 2 is 1.71 bits per heavy atom. The number of hydrogen-bond donors (Lipinski definition) is 1. The maximum atomic E-state index is 4.28. The van der Waals surface area contributed by atoms with Crippen LogP contribution in [0.15, 0.2) is 67.0 Å². The van der Waals surface area contributed by atoms with Crippen LogP contribution in [-0.2, 0) is 13.1 Å². The van der Waals surface area contributed by atoms with Gasteiger partial charge in [-0.1, -0.05) is 54.6 Å². The third kappa shape index (κ3) is 3.38. The van der Waals surface area contributed by atoms with Crippen molar-refractivity contribution in [2.45, 2.75) is 13.1 Å². The van der Waals surface area contributed by atoms with E-state index in [9.17, 15) is 0 Å². The minimum Gasteiger partial charge on any atom is -0.348 e. The quantitative estimate of drug-likeness (QED) is 0.771. The molecule has 0 aliphatic carbocycles. The van der Waals surface area contributed by atoms with E-state index in [1.54, 1.807) is 6.20 Å². The number of nitrogens with one attached hydrogen (secondary N) is 1. The van der Waals surface area contributed by atoms with Crippen LogP contribution < -0.4 is 0 Å². The summed E-state index contributed by atoms with van der Waals surface area (Å²) < 4.78 is 0. The fourth-order valence-corrected chi connectivity index (χ4v) is 2.54. The van der Waals surface area contributed by atoms with Crippen molar-refractivity contribution >= 4 is 0 Å². The first kappa shape index (κ1) is 13.6. The molecule has 1 N–H and O–H groups in total. The van der Waals surface area contributed by atoms with E-state index >= 15 is 0 Å². The lowest BCUT2D eigenvalue weighted by atomic mass is 9.99. The van der Waals surface area contributed by atoms with Gasteiger partial charge in [0, 0.05) is 18.9 Å². The van der Waals surface area contributed by atoms with Crippen LogP contribution in [0.2, 0.25) is 0 Å². The molecule has 0 spiro atoms. The number of nitrogens with zero attached hydrogens (tertiary/aromatic N) is 2. The Balaban J connectivity index is 1.79. The van der Waals surface area contributed by atoms with Gasteiger partial charge < -0.3 is 4.98 Å². The summed E-state index contributed by atoms with van der Waals surface area (Å²) in [6.45, 7) is 1.71. The van der Waals surface area contributed by atoms with Gasteiger partial charge in [0.25, 0.3) is 0 Å². The molecule has 0 amide bonds. The maximum Gasteiger partial charge on any atom is 0.120 e. The second kappa shape index (κ2) is 6.37. The van der Waals surface area contributed by atoms with Crippen molar-refractivity contribution < 1.29 is 0 Å². The zero-order valence-electron chi connectivity index (χ0n) is 12.2. The maximum absolute atomic E-state index is 4.28. The third-order valence-corrected chi connectivity index (χ3v) is 3.52. The highest BCUT2D eigenvalue weighted by molar-refractivity contribution is 5.67. The Labute approximate surface area is 125 Å². The first-order chi connectivity index (χ1) is 10.3. The van der Waals surface area contributed by atoms with Gasteiger partial charge in [-0.2, -0.15) is 0 Å². The van der Waals surface area contributed by atoms with E-state index in [1.807, 2.05) is 6.20 Å². The molecule has 0 atom stereocenters. The predicted octanol–water partition coefficient (Wildman–Crippen LogP) is 3.71. The summed E-state index contributed by atoms with van der Waals surface area (Å²) in [5, 5.41) is 0. The molecule has 106 valence electrons. The predicted molar refractivity (Wildman–Crippen MR) is 85.6 cm³/mol. The standard InChI is InChI=1S/C18H19N3/c1-21(14-18-19-11-12-20-18)13-16-9-5-6-10-17(16)15-7-3-2-4-8-15/h2-12H,13-14H2,1H3,(H,19,20). The van der Waals surface area contributed by atoms with Crippen LogP contribution in [-0.4, -0.2) is 21.9 Å². The minimum absolute atomic E-state index is 0.816. The highest BCUT2D eigenvalue weighted by Crippen LogP contribution is 2.24. The summed E-state index contributed by atoms with van der Waals surface area (Å²) in [7, 11) is 2.12. The molecule has 0 radical (unpaired) electrons. The van der Waals surface area contributed by atoms with Gasteiger partial charge in [0.1, 0.15) is 5.82 Å². The van der Waals surface area contributed by atoms with Crippen molar-refractivity contribution in [3.05, 3.63) is 78.4 Å². The lowest BCUT2D eigenvalue weighted by Gasteiger charge is -2.18. The van der Waals surface area contributed by atoms with Gasteiger partial charge in [0.05, 0.1) is 6.54 Å². The topological polar surface area (TPSA) is 31.9 Å². The van der Waals surface area contributed by atoms with Gasteiger partial charge in [0.2, 0.25) is 0 Å². The molecular weight excluding hydrogens is 258 g/mol. The summed E-state index contributed by atoms with van der Waals surface area (Å²) in [6.07, 6.45) is 3.65. The second-order valence-corrected chi connectivity index (χ2v) is 5.23. The van der Waals surface area contributed by atoms with Crippen LogP contribution in [0, 0.1) is 0 Å². The van der Waals surface area contributed by atoms with Gasteiger partial charge in [0.15, 0.2) is 0 Å². The smallest absolute Gasteiger partial charge is 0.120 e. The van der Waals surface area contributed by atoms with Crippen molar-refractivity contribution in [2.24, 2.45) is 0 Å². The molecule has 3 rings (SSSR count).